The van der Waals surface area contributed by atoms with Crippen LogP contribution in [0.4, 0.5) is 0 Å². The summed E-state index contributed by atoms with van der Waals surface area (Å²) in [5, 5.41) is 26.7. The van der Waals surface area contributed by atoms with Crippen molar-refractivity contribution in [1.29, 1.82) is 15.8 Å². The molecule has 0 aliphatic carbocycles. The molecule has 0 fully saturated rings. The number of hydrogen-bond donors (Lipinski definition) is 2. The van der Waals surface area contributed by atoms with Gasteiger partial charge in [-0.1, -0.05) is 23.2 Å². The molecule has 0 aliphatic rings. The first kappa shape index (κ1) is 13.8. The molecule has 88 valence electrons. The van der Waals surface area contributed by atoms with Crippen molar-refractivity contribution in [3.8, 4) is 18.2 Å². The van der Waals surface area contributed by atoms with Crippen LogP contribution in [0.5, 0.6) is 0 Å². The van der Waals surface area contributed by atoms with Gasteiger partial charge in [0.05, 0.1) is 21.3 Å². The Hall–Kier alpha value is -2.23. The molecule has 0 radical (unpaired) electrons. The molecular weight excluding hydrogens is 273 g/mol. The summed E-state index contributed by atoms with van der Waals surface area (Å²) in [6.07, 6.45) is 0. The molecule has 18 heavy (non-hydrogen) atoms. The molecule has 0 aliphatic heterocycles. The molecule has 3 N–H and O–H groups in total. The summed E-state index contributed by atoms with van der Waals surface area (Å²) in [7, 11) is 0. The standard InChI is InChI=1S/C11H5Cl2N5/c12-9-2-1-7(10(13)8(9)5-16)11(18-17)6(3-14)4-15/h1-2,18H,17H2. The third-order valence-corrected chi connectivity index (χ3v) is 2.80. The van der Waals surface area contributed by atoms with Crippen LogP contribution in [0, 0.1) is 34.0 Å². The topological polar surface area (TPSA) is 109 Å². The summed E-state index contributed by atoms with van der Waals surface area (Å²) >= 11 is 11.8. The lowest BCUT2D eigenvalue weighted by Crippen LogP contribution is -2.21. The van der Waals surface area contributed by atoms with Crippen LogP contribution in [0.3, 0.4) is 0 Å². The minimum atomic E-state index is -0.245. The van der Waals surface area contributed by atoms with Gasteiger partial charge in [-0.25, -0.2) is 0 Å². The van der Waals surface area contributed by atoms with Crippen molar-refractivity contribution in [2.45, 2.75) is 0 Å². The van der Waals surface area contributed by atoms with Crippen molar-refractivity contribution in [2.75, 3.05) is 0 Å². The number of nitriles is 3. The van der Waals surface area contributed by atoms with Crippen molar-refractivity contribution >= 4 is 28.9 Å². The van der Waals surface area contributed by atoms with Gasteiger partial charge in [-0.15, -0.1) is 0 Å². The average molecular weight is 278 g/mol. The van der Waals surface area contributed by atoms with E-state index in [1.54, 1.807) is 12.1 Å². The highest BCUT2D eigenvalue weighted by atomic mass is 35.5. The van der Waals surface area contributed by atoms with E-state index in [1.807, 2.05) is 6.07 Å². The molecule has 0 aromatic heterocycles. The largest absolute Gasteiger partial charge is 0.322 e. The number of nitrogens with two attached hydrogens (primary N) is 1. The summed E-state index contributed by atoms with van der Waals surface area (Å²) < 4.78 is 0. The van der Waals surface area contributed by atoms with E-state index >= 15 is 0 Å². The zero-order chi connectivity index (χ0) is 13.7. The Kier molecular flexibility index (Phi) is 4.54. The lowest BCUT2D eigenvalue weighted by atomic mass is 10.1. The fourth-order valence-corrected chi connectivity index (χ4v) is 1.82. The maximum absolute atomic E-state index is 8.91. The van der Waals surface area contributed by atoms with Crippen molar-refractivity contribution in [3.05, 3.63) is 38.9 Å². The highest BCUT2D eigenvalue weighted by molar-refractivity contribution is 6.37. The third-order valence-electron chi connectivity index (χ3n) is 2.09. The fourth-order valence-electron chi connectivity index (χ4n) is 1.27. The monoisotopic (exact) mass is 277 g/mol. The summed E-state index contributed by atoms with van der Waals surface area (Å²) in [5.41, 5.74) is 2.34. The van der Waals surface area contributed by atoms with Crippen LogP contribution in [-0.2, 0) is 0 Å². The van der Waals surface area contributed by atoms with Gasteiger partial charge in [-0.05, 0) is 12.1 Å². The van der Waals surface area contributed by atoms with Gasteiger partial charge in [-0.2, -0.15) is 15.8 Å². The molecule has 1 aromatic rings. The SMILES string of the molecule is N#CC(C#N)=C(NN)c1ccc(Cl)c(C#N)c1Cl. The van der Waals surface area contributed by atoms with E-state index in [0.717, 1.165) is 0 Å². The highest BCUT2D eigenvalue weighted by Gasteiger charge is 2.16. The summed E-state index contributed by atoms with van der Waals surface area (Å²) in [6, 6.07) is 8.10. The maximum atomic E-state index is 8.91. The molecular formula is C11H5Cl2N5. The van der Waals surface area contributed by atoms with Gasteiger partial charge in [-0.3, -0.25) is 5.84 Å². The second-order valence-electron chi connectivity index (χ2n) is 3.01. The number of nitrogens with zero attached hydrogens (tertiary/aromatic N) is 3. The number of rotatable bonds is 2. The quantitative estimate of drug-likeness (QED) is 0.489. The Labute approximate surface area is 113 Å². The van der Waals surface area contributed by atoms with E-state index in [2.05, 4.69) is 5.43 Å². The Morgan fingerprint density at radius 1 is 1.17 bits per heavy atom. The maximum Gasteiger partial charge on any atom is 0.154 e. The molecule has 0 saturated carbocycles. The minimum absolute atomic E-state index is 0.0287. The van der Waals surface area contributed by atoms with Gasteiger partial charge >= 0.3 is 0 Å². The molecule has 0 unspecified atom stereocenters. The van der Waals surface area contributed by atoms with Crippen LogP contribution in [0.15, 0.2) is 17.7 Å². The molecule has 0 spiro atoms. The van der Waals surface area contributed by atoms with Gasteiger partial charge in [0.25, 0.3) is 0 Å². The lowest BCUT2D eigenvalue weighted by molar-refractivity contribution is 0.987. The van der Waals surface area contributed by atoms with Crippen LogP contribution < -0.4 is 11.3 Å². The van der Waals surface area contributed by atoms with Crippen molar-refractivity contribution in [2.24, 2.45) is 5.84 Å². The number of benzene rings is 1. The molecule has 0 atom stereocenters. The predicted octanol–water partition coefficient (Wildman–Crippen LogP) is 2.09. The number of hydrazine groups is 1. The Morgan fingerprint density at radius 3 is 2.22 bits per heavy atom. The second-order valence-corrected chi connectivity index (χ2v) is 3.80. The molecule has 5 nitrogen and oxygen atoms in total. The van der Waals surface area contributed by atoms with Crippen LogP contribution in [-0.4, -0.2) is 0 Å². The van der Waals surface area contributed by atoms with Crippen LogP contribution in [0.2, 0.25) is 10.0 Å². The lowest BCUT2D eigenvalue weighted by Gasteiger charge is -2.10. The van der Waals surface area contributed by atoms with Gasteiger partial charge < -0.3 is 5.43 Å². The van der Waals surface area contributed by atoms with E-state index in [0.29, 0.717) is 0 Å². The first-order valence-corrected chi connectivity index (χ1v) is 5.25. The molecule has 0 heterocycles. The Bertz CT molecular complexity index is 627. The fraction of sp³-hybridized carbons (Fsp3) is 0. The number of halogens is 2. The van der Waals surface area contributed by atoms with Gasteiger partial charge in [0.15, 0.2) is 5.57 Å². The van der Waals surface area contributed by atoms with Gasteiger partial charge in [0, 0.05) is 5.56 Å². The predicted molar refractivity (Wildman–Crippen MR) is 66.6 cm³/mol. The summed E-state index contributed by atoms with van der Waals surface area (Å²) in [5.74, 6) is 5.27. The van der Waals surface area contributed by atoms with Gasteiger partial charge in [0.1, 0.15) is 18.2 Å². The van der Waals surface area contributed by atoms with Crippen molar-refractivity contribution in [1.82, 2.24) is 5.43 Å². The average Bonchev–Trinajstić information content (AvgIpc) is 2.37. The Morgan fingerprint density at radius 2 is 1.78 bits per heavy atom. The van der Waals surface area contributed by atoms with E-state index < -0.39 is 0 Å². The van der Waals surface area contributed by atoms with Crippen molar-refractivity contribution < 1.29 is 0 Å². The minimum Gasteiger partial charge on any atom is -0.322 e. The highest BCUT2D eigenvalue weighted by Crippen LogP contribution is 2.31. The van der Waals surface area contributed by atoms with Crippen molar-refractivity contribution in [3.63, 3.8) is 0 Å². The third kappa shape index (κ3) is 2.37. The summed E-state index contributed by atoms with van der Waals surface area (Å²) in [4.78, 5) is 0. The van der Waals surface area contributed by atoms with Crippen LogP contribution >= 0.6 is 23.2 Å². The number of allylic oxidation sites excluding steroid dienone is 1. The molecule has 0 bridgehead atoms. The van der Waals surface area contributed by atoms with Crippen LogP contribution in [0.25, 0.3) is 5.70 Å². The molecule has 1 aromatic carbocycles. The smallest absolute Gasteiger partial charge is 0.154 e. The molecule has 0 amide bonds. The number of hydrogen-bond acceptors (Lipinski definition) is 5. The molecule has 7 heteroatoms. The number of nitrogens with one attached hydrogen (secondary N) is 1. The normalized spacial score (nSPS) is 8.67. The first-order valence-electron chi connectivity index (χ1n) is 4.50. The van der Waals surface area contributed by atoms with E-state index in [9.17, 15) is 0 Å². The second kappa shape index (κ2) is 5.91. The summed E-state index contributed by atoms with van der Waals surface area (Å²) in [6.45, 7) is 0. The molecule has 0 saturated heterocycles. The van der Waals surface area contributed by atoms with Gasteiger partial charge in [0.2, 0.25) is 0 Å². The van der Waals surface area contributed by atoms with E-state index in [-0.39, 0.29) is 32.4 Å². The first-order chi connectivity index (χ1) is 8.60. The van der Waals surface area contributed by atoms with Crippen LogP contribution in [0.1, 0.15) is 11.1 Å². The van der Waals surface area contributed by atoms with E-state index in [4.69, 9.17) is 44.8 Å². The molecule has 1 rings (SSSR count). The van der Waals surface area contributed by atoms with E-state index in [1.165, 1.54) is 12.1 Å². The zero-order valence-corrected chi connectivity index (χ0v) is 10.3. The zero-order valence-electron chi connectivity index (χ0n) is 8.83. The Balaban J connectivity index is 3.64.